The summed E-state index contributed by atoms with van der Waals surface area (Å²) in [5.41, 5.74) is 0.573. The molecule has 13 heavy (non-hydrogen) atoms. The van der Waals surface area contributed by atoms with Gasteiger partial charge >= 0.3 is 5.97 Å². The minimum atomic E-state index is -0.587. The molecule has 0 aliphatic carbocycles. The Labute approximate surface area is 83.1 Å². The average molecular weight is 248 g/mol. The van der Waals surface area contributed by atoms with Crippen molar-refractivity contribution in [2.24, 2.45) is 0 Å². The predicted octanol–water partition coefficient (Wildman–Crippen LogP) is 2.08. The average Bonchev–Trinajstić information content (AvgIpc) is 2.10. The molecule has 0 amide bonds. The first-order chi connectivity index (χ1) is 6.06. The van der Waals surface area contributed by atoms with Crippen LogP contribution >= 0.6 is 15.9 Å². The van der Waals surface area contributed by atoms with Crippen molar-refractivity contribution in [2.75, 3.05) is 7.11 Å². The van der Waals surface area contributed by atoms with Gasteiger partial charge < -0.3 is 4.74 Å². The molecule has 3 nitrogen and oxygen atoms in total. The van der Waals surface area contributed by atoms with Gasteiger partial charge in [0.25, 0.3) is 0 Å². The summed E-state index contributed by atoms with van der Waals surface area (Å²) in [4.78, 5) is 14.8. The van der Waals surface area contributed by atoms with E-state index >= 15 is 0 Å². The number of carbonyl (C=O) groups is 1. The molecule has 1 heterocycles. The summed E-state index contributed by atoms with van der Waals surface area (Å²) < 4.78 is 17.5. The van der Waals surface area contributed by atoms with Crippen molar-refractivity contribution in [2.45, 2.75) is 6.92 Å². The van der Waals surface area contributed by atoms with Crippen molar-refractivity contribution in [3.05, 3.63) is 27.7 Å². The van der Waals surface area contributed by atoms with Crippen molar-refractivity contribution in [1.29, 1.82) is 0 Å². The molecule has 0 N–H and O–H groups in total. The molecule has 0 atom stereocenters. The van der Waals surface area contributed by atoms with Gasteiger partial charge in [0.2, 0.25) is 0 Å². The van der Waals surface area contributed by atoms with E-state index in [-0.39, 0.29) is 10.2 Å². The summed E-state index contributed by atoms with van der Waals surface area (Å²) in [7, 11) is 1.24. The molecule has 0 bridgehead atoms. The fraction of sp³-hybridized carbons (Fsp3) is 0.250. The quantitative estimate of drug-likeness (QED) is 0.564. The minimum Gasteiger partial charge on any atom is -0.465 e. The van der Waals surface area contributed by atoms with Crippen molar-refractivity contribution >= 4 is 21.9 Å². The Balaban J connectivity index is 3.23. The smallest absolute Gasteiger partial charge is 0.339 e. The molecule has 1 aromatic heterocycles. The summed E-state index contributed by atoms with van der Waals surface area (Å²) >= 11 is 2.91. The largest absolute Gasteiger partial charge is 0.465 e. The molecule has 0 fully saturated rings. The lowest BCUT2D eigenvalue weighted by Crippen LogP contribution is -2.06. The number of hydrogen-bond donors (Lipinski definition) is 0. The molecule has 0 saturated carbocycles. The van der Waals surface area contributed by atoms with E-state index in [1.54, 1.807) is 6.92 Å². The number of aromatic nitrogens is 1. The van der Waals surface area contributed by atoms with Gasteiger partial charge in [0.1, 0.15) is 4.60 Å². The maximum Gasteiger partial charge on any atom is 0.339 e. The zero-order valence-electron chi connectivity index (χ0n) is 7.10. The minimum absolute atomic E-state index is 0.0950. The summed E-state index contributed by atoms with van der Waals surface area (Å²) in [6, 6.07) is 1.10. The summed E-state index contributed by atoms with van der Waals surface area (Å²) in [5, 5.41) is 0. The van der Waals surface area contributed by atoms with Crippen LogP contribution in [0.4, 0.5) is 4.39 Å². The third-order valence-electron chi connectivity index (χ3n) is 1.53. The first kappa shape index (κ1) is 10.1. The van der Waals surface area contributed by atoms with Crippen LogP contribution in [0.2, 0.25) is 0 Å². The molecule has 0 aromatic carbocycles. The van der Waals surface area contributed by atoms with Gasteiger partial charge in [-0.25, -0.2) is 14.2 Å². The number of hydrogen-bond acceptors (Lipinski definition) is 3. The maximum atomic E-state index is 12.9. The highest BCUT2D eigenvalue weighted by atomic mass is 79.9. The van der Waals surface area contributed by atoms with Gasteiger partial charge in [-0.15, -0.1) is 0 Å². The van der Waals surface area contributed by atoms with Crippen molar-refractivity contribution in [1.82, 2.24) is 4.98 Å². The summed E-state index contributed by atoms with van der Waals surface area (Å²) in [5.74, 6) is -1.16. The van der Waals surface area contributed by atoms with Gasteiger partial charge in [0.15, 0.2) is 5.82 Å². The van der Waals surface area contributed by atoms with E-state index < -0.39 is 11.8 Å². The Hall–Kier alpha value is -0.970. The van der Waals surface area contributed by atoms with Crippen molar-refractivity contribution in [3.8, 4) is 0 Å². The van der Waals surface area contributed by atoms with Crippen molar-refractivity contribution in [3.63, 3.8) is 0 Å². The van der Waals surface area contributed by atoms with Crippen LogP contribution in [-0.4, -0.2) is 18.1 Å². The fourth-order valence-electron chi connectivity index (χ4n) is 0.868. The number of esters is 1. The highest BCUT2D eigenvalue weighted by Gasteiger charge is 2.13. The second kappa shape index (κ2) is 3.83. The fourth-order valence-corrected chi connectivity index (χ4v) is 1.25. The number of carbonyl (C=O) groups excluding carboxylic acids is 1. The van der Waals surface area contributed by atoms with Gasteiger partial charge in [-0.2, -0.15) is 0 Å². The van der Waals surface area contributed by atoms with E-state index in [0.29, 0.717) is 5.69 Å². The molecule has 0 radical (unpaired) electrons. The Morgan fingerprint density at radius 1 is 1.69 bits per heavy atom. The van der Waals surface area contributed by atoms with E-state index in [1.165, 1.54) is 7.11 Å². The second-order valence-corrected chi connectivity index (χ2v) is 3.14. The molecule has 1 aromatic rings. The van der Waals surface area contributed by atoms with E-state index in [2.05, 4.69) is 25.7 Å². The number of aryl methyl sites for hydroxylation is 1. The zero-order valence-corrected chi connectivity index (χ0v) is 8.68. The van der Waals surface area contributed by atoms with E-state index in [9.17, 15) is 9.18 Å². The second-order valence-electron chi connectivity index (χ2n) is 2.39. The SMILES string of the molecule is COC(=O)c1cc(F)c(Br)nc1C. The molecule has 0 aliphatic heterocycles. The van der Waals surface area contributed by atoms with Gasteiger partial charge in [0, 0.05) is 0 Å². The number of halogens is 2. The van der Waals surface area contributed by atoms with E-state index in [0.717, 1.165) is 6.07 Å². The number of rotatable bonds is 1. The summed E-state index contributed by atoms with van der Waals surface area (Å²) in [6.07, 6.45) is 0. The number of pyridine rings is 1. The Morgan fingerprint density at radius 2 is 2.31 bits per heavy atom. The first-order valence-corrected chi connectivity index (χ1v) is 4.26. The molecule has 1 rings (SSSR count). The van der Waals surface area contributed by atoms with Gasteiger partial charge in [0.05, 0.1) is 18.4 Å². The molecule has 5 heteroatoms. The first-order valence-electron chi connectivity index (χ1n) is 3.47. The molecule has 70 valence electrons. The topological polar surface area (TPSA) is 39.2 Å². The van der Waals surface area contributed by atoms with Crippen LogP contribution in [-0.2, 0) is 4.74 Å². The van der Waals surface area contributed by atoms with Crippen molar-refractivity contribution < 1.29 is 13.9 Å². The number of methoxy groups -OCH3 is 1. The lowest BCUT2D eigenvalue weighted by molar-refractivity contribution is 0.0598. The lowest BCUT2D eigenvalue weighted by atomic mass is 10.2. The Bertz CT molecular complexity index is 354. The number of nitrogens with zero attached hydrogens (tertiary/aromatic N) is 1. The molecule has 0 saturated heterocycles. The molecule has 0 unspecified atom stereocenters. The van der Waals surface area contributed by atoms with Crippen LogP contribution in [0.25, 0.3) is 0 Å². The molecular formula is C8H7BrFNO2. The van der Waals surface area contributed by atoms with Crippen LogP contribution < -0.4 is 0 Å². The zero-order chi connectivity index (χ0) is 10.0. The monoisotopic (exact) mass is 247 g/mol. The molecular weight excluding hydrogens is 241 g/mol. The van der Waals surface area contributed by atoms with Crippen LogP contribution in [0, 0.1) is 12.7 Å². The highest BCUT2D eigenvalue weighted by Crippen LogP contribution is 2.16. The van der Waals surface area contributed by atoms with E-state index in [4.69, 9.17) is 0 Å². The van der Waals surface area contributed by atoms with Gasteiger partial charge in [-0.3, -0.25) is 0 Å². The Morgan fingerprint density at radius 3 is 2.85 bits per heavy atom. The Kier molecular flexibility index (Phi) is 2.98. The third-order valence-corrected chi connectivity index (χ3v) is 2.09. The summed E-state index contributed by atoms with van der Waals surface area (Å²) in [6.45, 7) is 1.61. The highest BCUT2D eigenvalue weighted by molar-refractivity contribution is 9.10. The van der Waals surface area contributed by atoms with Crippen LogP contribution in [0.5, 0.6) is 0 Å². The van der Waals surface area contributed by atoms with Gasteiger partial charge in [-0.05, 0) is 28.9 Å². The maximum absolute atomic E-state index is 12.9. The third kappa shape index (κ3) is 2.03. The predicted molar refractivity (Wildman–Crippen MR) is 48.0 cm³/mol. The number of ether oxygens (including phenoxy) is 1. The normalized spacial score (nSPS) is 9.85. The molecule has 0 aliphatic rings. The molecule has 0 spiro atoms. The standard InChI is InChI=1S/C8H7BrFNO2/c1-4-5(8(12)13-2)3-6(10)7(9)11-4/h3H,1-2H3. The van der Waals surface area contributed by atoms with Crippen LogP contribution in [0.1, 0.15) is 16.1 Å². The van der Waals surface area contributed by atoms with Gasteiger partial charge in [-0.1, -0.05) is 0 Å². The lowest BCUT2D eigenvalue weighted by Gasteiger charge is -2.03. The van der Waals surface area contributed by atoms with Crippen LogP contribution in [0.15, 0.2) is 10.7 Å². The van der Waals surface area contributed by atoms with Crippen LogP contribution in [0.3, 0.4) is 0 Å². The van der Waals surface area contributed by atoms with E-state index in [1.807, 2.05) is 0 Å².